The normalized spacial score (nSPS) is 17.0. The van der Waals surface area contributed by atoms with Gasteiger partial charge in [0, 0.05) is 25.2 Å². The quantitative estimate of drug-likeness (QED) is 0.774. The Hall–Kier alpha value is -1.80. The van der Waals surface area contributed by atoms with Crippen LogP contribution in [0.25, 0.3) is 0 Å². The minimum atomic E-state index is -0.179. The number of ether oxygens (including phenoxy) is 1. The first kappa shape index (κ1) is 17.0. The molecule has 1 aliphatic heterocycles. The molecule has 0 radical (unpaired) electrons. The summed E-state index contributed by atoms with van der Waals surface area (Å²) in [6.45, 7) is 11.7. The highest BCUT2D eigenvalue weighted by Crippen LogP contribution is 2.30. The molecule has 0 atom stereocenters. The van der Waals surface area contributed by atoms with Crippen molar-refractivity contribution in [3.05, 3.63) is 64.7 Å². The molecule has 1 aliphatic rings. The molecule has 0 aliphatic carbocycles. The van der Waals surface area contributed by atoms with Crippen LogP contribution in [-0.2, 0) is 19.5 Å². The maximum atomic E-state index is 6.26. The zero-order valence-electron chi connectivity index (χ0n) is 15.4. The Morgan fingerprint density at radius 1 is 1.12 bits per heavy atom. The molecule has 0 saturated carbocycles. The Balaban J connectivity index is 1.86. The highest BCUT2D eigenvalue weighted by atomic mass is 16.5. The van der Waals surface area contributed by atoms with E-state index in [1.165, 1.54) is 28.7 Å². The molecule has 0 amide bonds. The molecule has 2 aromatic rings. The van der Waals surface area contributed by atoms with Gasteiger partial charge in [-0.15, -0.1) is 0 Å². The minimum Gasteiger partial charge on any atom is -0.486 e. The van der Waals surface area contributed by atoms with Crippen molar-refractivity contribution < 1.29 is 4.74 Å². The predicted molar refractivity (Wildman–Crippen MR) is 100 cm³/mol. The monoisotopic (exact) mass is 323 g/mol. The lowest BCUT2D eigenvalue weighted by Crippen LogP contribution is -2.40. The van der Waals surface area contributed by atoms with Crippen molar-refractivity contribution in [2.75, 3.05) is 6.54 Å². The van der Waals surface area contributed by atoms with Gasteiger partial charge in [-0.25, -0.2) is 0 Å². The third kappa shape index (κ3) is 3.99. The molecular formula is C22H29NO. The highest BCUT2D eigenvalue weighted by molar-refractivity contribution is 5.35. The van der Waals surface area contributed by atoms with Crippen molar-refractivity contribution in [2.24, 2.45) is 0 Å². The van der Waals surface area contributed by atoms with Crippen molar-refractivity contribution in [1.82, 2.24) is 4.90 Å². The lowest BCUT2D eigenvalue weighted by molar-refractivity contribution is 0.0682. The number of nitrogens with zero attached hydrogens (tertiary/aromatic N) is 1. The van der Waals surface area contributed by atoms with E-state index in [2.05, 4.69) is 75.1 Å². The van der Waals surface area contributed by atoms with Gasteiger partial charge in [-0.3, -0.25) is 4.90 Å². The average molecular weight is 323 g/mol. The summed E-state index contributed by atoms with van der Waals surface area (Å²) in [5, 5.41) is 0. The first-order chi connectivity index (χ1) is 11.5. The summed E-state index contributed by atoms with van der Waals surface area (Å²) in [5.41, 5.74) is 5.37. The highest BCUT2D eigenvalue weighted by Gasteiger charge is 2.29. The van der Waals surface area contributed by atoms with Gasteiger partial charge in [-0.05, 0) is 49.9 Å². The third-order valence-corrected chi connectivity index (χ3v) is 4.70. The number of aryl methyl sites for hydroxylation is 2. The first-order valence-electron chi connectivity index (χ1n) is 9.04. The maximum Gasteiger partial charge on any atom is 0.124 e. The van der Waals surface area contributed by atoms with E-state index < -0.39 is 0 Å². The Morgan fingerprint density at radius 3 is 2.71 bits per heavy atom. The molecular weight excluding hydrogens is 294 g/mol. The van der Waals surface area contributed by atoms with E-state index in [-0.39, 0.29) is 5.60 Å². The lowest BCUT2D eigenvalue weighted by Gasteiger charge is -2.30. The van der Waals surface area contributed by atoms with Crippen molar-refractivity contribution in [3.8, 4) is 5.75 Å². The molecule has 2 aromatic carbocycles. The molecule has 128 valence electrons. The van der Waals surface area contributed by atoms with Crippen LogP contribution in [0.1, 0.15) is 49.4 Å². The Labute approximate surface area is 146 Å². The van der Waals surface area contributed by atoms with Crippen LogP contribution >= 0.6 is 0 Å². The van der Waals surface area contributed by atoms with Crippen molar-refractivity contribution in [1.29, 1.82) is 0 Å². The summed E-state index contributed by atoms with van der Waals surface area (Å²) >= 11 is 0. The number of fused-ring (bicyclic) bond motifs is 1. The molecule has 0 saturated heterocycles. The predicted octanol–water partition coefficient (Wildman–Crippen LogP) is 5.12. The fraction of sp³-hybridized carbons (Fsp3) is 0.455. The molecule has 1 heterocycles. The van der Waals surface area contributed by atoms with Gasteiger partial charge in [0.05, 0.1) is 0 Å². The van der Waals surface area contributed by atoms with E-state index in [0.717, 1.165) is 31.8 Å². The van der Waals surface area contributed by atoms with Gasteiger partial charge < -0.3 is 4.74 Å². The number of para-hydroxylation sites is 1. The SMILES string of the molecule is CCCc1ccc(C)c(CN2Cc3ccccc3OC(C)(C)C2)c1. The molecule has 0 bridgehead atoms. The Kier molecular flexibility index (Phi) is 4.96. The summed E-state index contributed by atoms with van der Waals surface area (Å²) in [6.07, 6.45) is 2.35. The number of benzene rings is 2. The zero-order chi connectivity index (χ0) is 17.2. The molecule has 0 aromatic heterocycles. The summed E-state index contributed by atoms with van der Waals surface area (Å²) < 4.78 is 6.26. The van der Waals surface area contributed by atoms with E-state index in [0.29, 0.717) is 0 Å². The van der Waals surface area contributed by atoms with Crippen LogP contribution in [0.15, 0.2) is 42.5 Å². The third-order valence-electron chi connectivity index (χ3n) is 4.70. The van der Waals surface area contributed by atoms with Crippen LogP contribution < -0.4 is 4.74 Å². The van der Waals surface area contributed by atoms with Crippen LogP contribution in [0, 0.1) is 6.92 Å². The van der Waals surface area contributed by atoms with Crippen LogP contribution in [0.3, 0.4) is 0 Å². The molecule has 2 nitrogen and oxygen atoms in total. The minimum absolute atomic E-state index is 0.179. The van der Waals surface area contributed by atoms with Crippen molar-refractivity contribution in [3.63, 3.8) is 0 Å². The lowest BCUT2D eigenvalue weighted by atomic mass is 10.0. The standard InChI is InChI=1S/C22H29NO/c1-5-8-18-12-11-17(2)20(13-18)15-23-14-19-9-6-7-10-21(19)24-22(3,4)16-23/h6-7,9-13H,5,8,14-16H2,1-4H3. The van der Waals surface area contributed by atoms with E-state index in [1.807, 2.05) is 0 Å². The second kappa shape index (κ2) is 6.98. The van der Waals surface area contributed by atoms with Crippen LogP contribution in [0.5, 0.6) is 5.75 Å². The average Bonchev–Trinajstić information content (AvgIpc) is 2.64. The Bertz CT molecular complexity index is 705. The fourth-order valence-electron chi connectivity index (χ4n) is 3.59. The van der Waals surface area contributed by atoms with Gasteiger partial charge >= 0.3 is 0 Å². The number of hydrogen-bond donors (Lipinski definition) is 0. The molecule has 0 fully saturated rings. The summed E-state index contributed by atoms with van der Waals surface area (Å²) in [5.74, 6) is 1.03. The van der Waals surface area contributed by atoms with Gasteiger partial charge in [0.15, 0.2) is 0 Å². The molecule has 0 N–H and O–H groups in total. The van der Waals surface area contributed by atoms with Gasteiger partial charge in [-0.2, -0.15) is 0 Å². The number of hydrogen-bond acceptors (Lipinski definition) is 2. The van der Waals surface area contributed by atoms with E-state index in [1.54, 1.807) is 0 Å². The second-order valence-electron chi connectivity index (χ2n) is 7.63. The Morgan fingerprint density at radius 2 is 1.92 bits per heavy atom. The summed E-state index contributed by atoms with van der Waals surface area (Å²) in [7, 11) is 0. The largest absolute Gasteiger partial charge is 0.486 e. The van der Waals surface area contributed by atoms with E-state index >= 15 is 0 Å². The van der Waals surface area contributed by atoms with E-state index in [9.17, 15) is 0 Å². The second-order valence-corrected chi connectivity index (χ2v) is 7.63. The smallest absolute Gasteiger partial charge is 0.124 e. The maximum absolute atomic E-state index is 6.26. The zero-order valence-corrected chi connectivity index (χ0v) is 15.4. The molecule has 0 unspecified atom stereocenters. The molecule has 2 heteroatoms. The van der Waals surface area contributed by atoms with Gasteiger partial charge in [-0.1, -0.05) is 49.7 Å². The van der Waals surface area contributed by atoms with Crippen LogP contribution in [0.2, 0.25) is 0 Å². The molecule has 24 heavy (non-hydrogen) atoms. The molecule has 0 spiro atoms. The van der Waals surface area contributed by atoms with Crippen molar-refractivity contribution in [2.45, 2.75) is 59.2 Å². The topological polar surface area (TPSA) is 12.5 Å². The van der Waals surface area contributed by atoms with Crippen LogP contribution in [-0.4, -0.2) is 17.0 Å². The van der Waals surface area contributed by atoms with Gasteiger partial charge in [0.25, 0.3) is 0 Å². The first-order valence-corrected chi connectivity index (χ1v) is 9.04. The van der Waals surface area contributed by atoms with Gasteiger partial charge in [0.2, 0.25) is 0 Å². The van der Waals surface area contributed by atoms with Gasteiger partial charge in [0.1, 0.15) is 11.4 Å². The summed E-state index contributed by atoms with van der Waals surface area (Å²) in [6, 6.07) is 15.4. The number of rotatable bonds is 4. The summed E-state index contributed by atoms with van der Waals surface area (Å²) in [4.78, 5) is 2.52. The van der Waals surface area contributed by atoms with Crippen molar-refractivity contribution >= 4 is 0 Å². The fourth-order valence-corrected chi connectivity index (χ4v) is 3.59. The van der Waals surface area contributed by atoms with E-state index in [4.69, 9.17) is 4.74 Å². The molecule has 3 rings (SSSR count). The van der Waals surface area contributed by atoms with Crippen LogP contribution in [0.4, 0.5) is 0 Å².